The van der Waals surface area contributed by atoms with Crippen molar-refractivity contribution >= 4 is 38.9 Å². The molecular weight excluding hydrogens is 430 g/mol. The number of nitrogens with zero attached hydrogens (tertiary/aromatic N) is 3. The average molecular weight is 460 g/mol. The molecule has 0 saturated carbocycles. The Labute approximate surface area is 206 Å². The molecule has 0 unspecified atom stereocenters. The minimum absolute atomic E-state index is 0.0648. The van der Waals surface area contributed by atoms with E-state index in [1.54, 1.807) is 0 Å². The Balaban J connectivity index is 1.71. The predicted octanol–water partition coefficient (Wildman–Crippen LogP) is 8.58. The van der Waals surface area contributed by atoms with Gasteiger partial charge in [0.2, 0.25) is 0 Å². The van der Waals surface area contributed by atoms with Gasteiger partial charge in [-0.15, -0.1) is 0 Å². The van der Waals surface area contributed by atoms with Crippen LogP contribution < -0.4 is 9.64 Å². The van der Waals surface area contributed by atoms with Crippen LogP contribution in [0.2, 0.25) is 0 Å². The summed E-state index contributed by atoms with van der Waals surface area (Å²) in [7, 11) is 0. The van der Waals surface area contributed by atoms with Crippen molar-refractivity contribution in [2.75, 3.05) is 4.90 Å². The summed E-state index contributed by atoms with van der Waals surface area (Å²) >= 11 is 0. The number of rotatable bonds is 1. The second-order valence-corrected chi connectivity index (χ2v) is 10.6. The first-order chi connectivity index (χ1) is 16.7. The second-order valence-electron chi connectivity index (χ2n) is 10.6. The van der Waals surface area contributed by atoms with Gasteiger partial charge < -0.3 is 4.74 Å². The maximum absolute atomic E-state index is 6.70. The first-order valence-electron chi connectivity index (χ1n) is 12.1. The molecular formula is C31H29N3O. The third-order valence-corrected chi connectivity index (χ3v) is 7.03. The molecule has 1 aliphatic rings. The zero-order valence-electron chi connectivity index (χ0n) is 21.1. The van der Waals surface area contributed by atoms with Gasteiger partial charge in [-0.2, -0.15) is 0 Å². The van der Waals surface area contributed by atoms with Gasteiger partial charge in [-0.25, -0.2) is 9.97 Å². The number of pyridine rings is 2. The van der Waals surface area contributed by atoms with E-state index < -0.39 is 0 Å². The minimum atomic E-state index is 0.0648. The molecule has 6 rings (SSSR count). The predicted molar refractivity (Wildman–Crippen MR) is 145 cm³/mol. The molecule has 0 saturated heterocycles. The van der Waals surface area contributed by atoms with Crippen LogP contribution in [0.25, 0.3) is 21.5 Å². The summed E-state index contributed by atoms with van der Waals surface area (Å²) in [6.45, 7) is 13.2. The molecule has 0 N–H and O–H groups in total. The van der Waals surface area contributed by atoms with E-state index in [0.29, 0.717) is 0 Å². The van der Waals surface area contributed by atoms with Gasteiger partial charge in [-0.05, 0) is 48.4 Å². The highest BCUT2D eigenvalue weighted by molar-refractivity contribution is 6.02. The summed E-state index contributed by atoms with van der Waals surface area (Å²) in [6, 6.07) is 19.2. The maximum Gasteiger partial charge on any atom is 0.183 e. The van der Waals surface area contributed by atoms with Crippen molar-refractivity contribution in [1.29, 1.82) is 0 Å². The molecule has 0 spiro atoms. The molecule has 5 aromatic rings. The molecule has 0 amide bonds. The summed E-state index contributed by atoms with van der Waals surface area (Å²) in [5.74, 6) is 3.08. The molecule has 2 aromatic heterocycles. The number of aromatic nitrogens is 2. The Kier molecular flexibility index (Phi) is 4.65. The molecule has 174 valence electrons. The fraction of sp³-hybridized carbons (Fsp3) is 0.226. The molecule has 0 atom stereocenters. The van der Waals surface area contributed by atoms with E-state index in [-0.39, 0.29) is 5.41 Å². The molecule has 3 heterocycles. The third-order valence-electron chi connectivity index (χ3n) is 7.03. The fourth-order valence-corrected chi connectivity index (χ4v) is 5.16. The topological polar surface area (TPSA) is 38.2 Å². The van der Waals surface area contributed by atoms with Crippen molar-refractivity contribution in [3.05, 3.63) is 89.2 Å². The van der Waals surface area contributed by atoms with Crippen molar-refractivity contribution in [1.82, 2.24) is 9.97 Å². The van der Waals surface area contributed by atoms with Crippen LogP contribution in [-0.2, 0) is 5.41 Å². The average Bonchev–Trinajstić information content (AvgIpc) is 2.82. The molecule has 35 heavy (non-hydrogen) atoms. The Bertz CT molecular complexity index is 1620. The minimum Gasteiger partial charge on any atom is -0.448 e. The lowest BCUT2D eigenvalue weighted by Crippen LogP contribution is -2.21. The largest absolute Gasteiger partial charge is 0.448 e. The Morgan fingerprint density at radius 3 is 2.03 bits per heavy atom. The van der Waals surface area contributed by atoms with Gasteiger partial charge in [0, 0.05) is 33.9 Å². The number of fused-ring (bicyclic) bond motifs is 6. The van der Waals surface area contributed by atoms with Crippen LogP contribution >= 0.6 is 0 Å². The lowest BCUT2D eigenvalue weighted by atomic mass is 9.84. The van der Waals surface area contributed by atoms with E-state index in [9.17, 15) is 0 Å². The van der Waals surface area contributed by atoms with Crippen molar-refractivity contribution in [2.45, 2.75) is 47.0 Å². The molecule has 1 aliphatic heterocycles. The van der Waals surface area contributed by atoms with E-state index >= 15 is 0 Å². The molecule has 0 radical (unpaired) electrons. The summed E-state index contributed by atoms with van der Waals surface area (Å²) in [6.07, 6.45) is 3.88. The first-order valence-corrected chi connectivity index (χ1v) is 12.1. The van der Waals surface area contributed by atoms with E-state index in [4.69, 9.17) is 14.7 Å². The van der Waals surface area contributed by atoms with Crippen LogP contribution in [0.5, 0.6) is 11.5 Å². The van der Waals surface area contributed by atoms with Crippen LogP contribution in [0.4, 0.5) is 17.3 Å². The zero-order chi connectivity index (χ0) is 24.5. The molecule has 4 heteroatoms. The van der Waals surface area contributed by atoms with Crippen LogP contribution in [-0.4, -0.2) is 9.97 Å². The first kappa shape index (κ1) is 21.6. The number of benzene rings is 3. The maximum atomic E-state index is 6.70. The van der Waals surface area contributed by atoms with Gasteiger partial charge in [0.15, 0.2) is 23.1 Å². The Morgan fingerprint density at radius 2 is 1.31 bits per heavy atom. The Morgan fingerprint density at radius 1 is 0.686 bits per heavy atom. The van der Waals surface area contributed by atoms with E-state index in [0.717, 1.165) is 50.4 Å². The normalized spacial score (nSPS) is 13.0. The quantitative estimate of drug-likeness (QED) is 0.247. The summed E-state index contributed by atoms with van der Waals surface area (Å²) in [5.41, 5.74) is 6.04. The summed E-state index contributed by atoms with van der Waals surface area (Å²) < 4.78 is 6.70. The highest BCUT2D eigenvalue weighted by Crippen LogP contribution is 2.54. The number of anilines is 3. The van der Waals surface area contributed by atoms with Crippen molar-refractivity contribution < 1.29 is 4.74 Å². The molecule has 0 fully saturated rings. The monoisotopic (exact) mass is 459 g/mol. The molecule has 4 nitrogen and oxygen atoms in total. The number of aryl methyl sites for hydroxylation is 3. The lowest BCUT2D eigenvalue weighted by Gasteiger charge is -2.34. The van der Waals surface area contributed by atoms with Crippen molar-refractivity contribution in [3.63, 3.8) is 0 Å². The number of hydrogen-bond donors (Lipinski definition) is 0. The van der Waals surface area contributed by atoms with E-state index in [2.05, 4.69) is 88.9 Å². The smallest absolute Gasteiger partial charge is 0.183 e. The van der Waals surface area contributed by atoms with Crippen molar-refractivity contribution in [2.24, 2.45) is 0 Å². The van der Waals surface area contributed by atoms with Gasteiger partial charge in [0.05, 0.1) is 5.69 Å². The van der Waals surface area contributed by atoms with Gasteiger partial charge in [-0.1, -0.05) is 75.4 Å². The van der Waals surface area contributed by atoms with E-state index in [1.165, 1.54) is 22.3 Å². The SMILES string of the molecule is Cc1cc(C(C)(C)C)cc(C)c1N1c2ncc3ccccc3c2Oc2c1ncc1c(C)cccc21. The van der Waals surface area contributed by atoms with Crippen LogP contribution in [0.3, 0.4) is 0 Å². The highest BCUT2D eigenvalue weighted by atomic mass is 16.5. The standard InChI is InChI=1S/C31H29N3O/c1-18-10-9-13-24-25(18)17-33-30-28(24)35-27-23-12-8-7-11-21(23)16-32-29(27)34(30)26-19(2)14-22(15-20(26)3)31(4,5)6/h7-17H,1-6H3. The van der Waals surface area contributed by atoms with Gasteiger partial charge in [0.1, 0.15) is 0 Å². The molecule has 0 bridgehead atoms. The summed E-state index contributed by atoms with van der Waals surface area (Å²) in [5, 5.41) is 4.24. The van der Waals surface area contributed by atoms with Crippen LogP contribution in [0.1, 0.15) is 43.0 Å². The number of hydrogen-bond acceptors (Lipinski definition) is 4. The van der Waals surface area contributed by atoms with Crippen molar-refractivity contribution in [3.8, 4) is 11.5 Å². The van der Waals surface area contributed by atoms with Crippen LogP contribution in [0, 0.1) is 20.8 Å². The third kappa shape index (κ3) is 3.28. The van der Waals surface area contributed by atoms with Gasteiger partial charge >= 0.3 is 0 Å². The van der Waals surface area contributed by atoms with Crippen LogP contribution in [0.15, 0.2) is 67.0 Å². The zero-order valence-corrected chi connectivity index (χ0v) is 21.1. The lowest BCUT2D eigenvalue weighted by molar-refractivity contribution is 0.482. The van der Waals surface area contributed by atoms with Gasteiger partial charge in [0.25, 0.3) is 0 Å². The Hall–Kier alpha value is -3.92. The highest BCUT2D eigenvalue weighted by Gasteiger charge is 2.33. The molecule has 0 aliphatic carbocycles. The van der Waals surface area contributed by atoms with Gasteiger partial charge in [-0.3, -0.25) is 4.90 Å². The second kappa shape index (κ2) is 7.54. The number of ether oxygens (including phenoxy) is 1. The fourth-order valence-electron chi connectivity index (χ4n) is 5.16. The molecule has 3 aromatic carbocycles. The summed E-state index contributed by atoms with van der Waals surface area (Å²) in [4.78, 5) is 12.1. The van der Waals surface area contributed by atoms with E-state index in [1.807, 2.05) is 24.5 Å².